The molecule has 0 aromatic carbocycles. The summed E-state index contributed by atoms with van der Waals surface area (Å²) >= 11 is 0. The monoisotopic (exact) mass is 1020 g/mol. The Labute approximate surface area is 452 Å². The van der Waals surface area contributed by atoms with Crippen LogP contribution in [0.2, 0.25) is 0 Å². The first kappa shape index (κ1) is 69.6. The minimum atomic E-state index is -0.780. The van der Waals surface area contributed by atoms with Crippen molar-refractivity contribution in [3.05, 3.63) is 85.1 Å². The maximum absolute atomic E-state index is 12.8. The van der Waals surface area contributed by atoms with Crippen LogP contribution in [-0.4, -0.2) is 37.2 Å². The SMILES string of the molecule is CC/C=C\C/C=C\C/C=C\C/C=C\CCCCCCCCCCCCCCCCCCCCCCC(=O)OCC(COC(=O)CCCCCCCCC)OC(=O)CCCCCCC/C=C\C/C=C\C/C=C\CC. The topological polar surface area (TPSA) is 78.9 Å². The Kier molecular flexibility index (Phi) is 58.3. The molecule has 73 heavy (non-hydrogen) atoms. The van der Waals surface area contributed by atoms with Crippen molar-refractivity contribution in [1.29, 1.82) is 0 Å². The molecular formula is C67H116O6. The smallest absolute Gasteiger partial charge is 0.306 e. The first-order valence-electron chi connectivity index (χ1n) is 31.1. The summed E-state index contributed by atoms with van der Waals surface area (Å²) in [5.74, 6) is -0.894. The van der Waals surface area contributed by atoms with Gasteiger partial charge in [-0.3, -0.25) is 14.4 Å². The van der Waals surface area contributed by atoms with Crippen LogP contribution >= 0.6 is 0 Å². The van der Waals surface area contributed by atoms with Gasteiger partial charge in [0.1, 0.15) is 13.2 Å². The molecule has 1 unspecified atom stereocenters. The van der Waals surface area contributed by atoms with Gasteiger partial charge in [0.25, 0.3) is 0 Å². The number of rotatable bonds is 56. The van der Waals surface area contributed by atoms with Gasteiger partial charge < -0.3 is 14.2 Å². The van der Waals surface area contributed by atoms with Gasteiger partial charge in [0, 0.05) is 19.3 Å². The third kappa shape index (κ3) is 59.3. The minimum Gasteiger partial charge on any atom is -0.462 e. The Hall–Kier alpha value is -3.41. The van der Waals surface area contributed by atoms with Gasteiger partial charge in [-0.05, 0) is 89.9 Å². The van der Waals surface area contributed by atoms with Crippen LogP contribution in [0.1, 0.15) is 303 Å². The highest BCUT2D eigenvalue weighted by Gasteiger charge is 2.19. The van der Waals surface area contributed by atoms with Gasteiger partial charge in [0.05, 0.1) is 0 Å². The van der Waals surface area contributed by atoms with E-state index < -0.39 is 6.10 Å². The normalized spacial score (nSPS) is 12.6. The van der Waals surface area contributed by atoms with Gasteiger partial charge in [0.2, 0.25) is 0 Å². The van der Waals surface area contributed by atoms with E-state index in [9.17, 15) is 14.4 Å². The summed E-state index contributed by atoms with van der Waals surface area (Å²) in [7, 11) is 0. The summed E-state index contributed by atoms with van der Waals surface area (Å²) in [6.45, 7) is 6.38. The molecule has 0 aromatic heterocycles. The highest BCUT2D eigenvalue weighted by molar-refractivity contribution is 5.71. The molecule has 0 heterocycles. The minimum absolute atomic E-state index is 0.0796. The van der Waals surface area contributed by atoms with Crippen molar-refractivity contribution in [2.24, 2.45) is 0 Å². The molecule has 0 amide bonds. The average Bonchev–Trinajstić information content (AvgIpc) is 3.39. The maximum atomic E-state index is 12.8. The van der Waals surface area contributed by atoms with E-state index in [-0.39, 0.29) is 31.1 Å². The van der Waals surface area contributed by atoms with Crippen LogP contribution in [0.5, 0.6) is 0 Å². The Morgan fingerprint density at radius 2 is 0.534 bits per heavy atom. The number of ether oxygens (including phenoxy) is 3. The molecule has 0 aromatic rings. The lowest BCUT2D eigenvalue weighted by Gasteiger charge is -2.18. The maximum Gasteiger partial charge on any atom is 0.306 e. The second-order valence-corrected chi connectivity index (χ2v) is 20.6. The first-order valence-corrected chi connectivity index (χ1v) is 31.1. The summed E-state index contributed by atoms with van der Waals surface area (Å²) in [6.07, 6.45) is 80.6. The lowest BCUT2D eigenvalue weighted by molar-refractivity contribution is -0.167. The van der Waals surface area contributed by atoms with E-state index in [4.69, 9.17) is 14.2 Å². The van der Waals surface area contributed by atoms with Gasteiger partial charge in [-0.2, -0.15) is 0 Å². The summed E-state index contributed by atoms with van der Waals surface area (Å²) < 4.78 is 16.8. The van der Waals surface area contributed by atoms with Crippen molar-refractivity contribution >= 4 is 17.9 Å². The van der Waals surface area contributed by atoms with Crippen molar-refractivity contribution < 1.29 is 28.6 Å². The number of esters is 3. The van der Waals surface area contributed by atoms with Crippen LogP contribution in [0.25, 0.3) is 0 Å². The molecule has 0 saturated heterocycles. The zero-order valence-electron chi connectivity index (χ0n) is 48.1. The number of carbonyl (C=O) groups excluding carboxylic acids is 3. The molecule has 0 spiro atoms. The molecule has 6 heteroatoms. The number of hydrogen-bond acceptors (Lipinski definition) is 6. The Balaban J connectivity index is 3.99. The van der Waals surface area contributed by atoms with Crippen molar-refractivity contribution in [3.63, 3.8) is 0 Å². The molecule has 6 nitrogen and oxygen atoms in total. The van der Waals surface area contributed by atoms with Gasteiger partial charge in [-0.1, -0.05) is 279 Å². The fraction of sp³-hybridized carbons (Fsp3) is 0.746. The Bertz CT molecular complexity index is 1400. The fourth-order valence-electron chi connectivity index (χ4n) is 8.80. The van der Waals surface area contributed by atoms with Crippen molar-refractivity contribution in [1.82, 2.24) is 0 Å². The van der Waals surface area contributed by atoms with Crippen LogP contribution in [-0.2, 0) is 28.6 Å². The van der Waals surface area contributed by atoms with Crippen LogP contribution in [0.3, 0.4) is 0 Å². The largest absolute Gasteiger partial charge is 0.462 e. The molecule has 0 aliphatic carbocycles. The number of unbranched alkanes of at least 4 members (excludes halogenated alkanes) is 31. The molecule has 0 saturated carbocycles. The van der Waals surface area contributed by atoms with Crippen LogP contribution < -0.4 is 0 Å². The molecule has 0 N–H and O–H groups in total. The molecule has 0 bridgehead atoms. The Morgan fingerprint density at radius 3 is 0.836 bits per heavy atom. The van der Waals surface area contributed by atoms with Crippen LogP contribution in [0.15, 0.2) is 85.1 Å². The molecular weight excluding hydrogens is 901 g/mol. The van der Waals surface area contributed by atoms with E-state index in [2.05, 4.69) is 106 Å². The summed E-state index contributed by atoms with van der Waals surface area (Å²) in [5.41, 5.74) is 0. The quantitative estimate of drug-likeness (QED) is 0.0261. The number of hydrogen-bond donors (Lipinski definition) is 0. The number of carbonyl (C=O) groups is 3. The van der Waals surface area contributed by atoms with Crippen molar-refractivity contribution in [2.75, 3.05) is 13.2 Å². The molecule has 0 radical (unpaired) electrons. The van der Waals surface area contributed by atoms with Gasteiger partial charge in [0.15, 0.2) is 6.10 Å². The van der Waals surface area contributed by atoms with E-state index in [1.807, 2.05) is 0 Å². The predicted octanol–water partition coefficient (Wildman–Crippen LogP) is 21.1. The average molecular weight is 1020 g/mol. The lowest BCUT2D eigenvalue weighted by Crippen LogP contribution is -2.30. The predicted molar refractivity (Wildman–Crippen MR) is 316 cm³/mol. The molecule has 0 fully saturated rings. The Morgan fingerprint density at radius 1 is 0.288 bits per heavy atom. The van der Waals surface area contributed by atoms with Gasteiger partial charge in [-0.15, -0.1) is 0 Å². The molecule has 0 aliphatic rings. The van der Waals surface area contributed by atoms with Crippen molar-refractivity contribution in [2.45, 2.75) is 309 Å². The van der Waals surface area contributed by atoms with Gasteiger partial charge in [-0.25, -0.2) is 0 Å². The zero-order chi connectivity index (χ0) is 52.9. The van der Waals surface area contributed by atoms with Crippen LogP contribution in [0, 0.1) is 0 Å². The zero-order valence-corrected chi connectivity index (χ0v) is 48.1. The van der Waals surface area contributed by atoms with E-state index in [1.54, 1.807) is 0 Å². The summed E-state index contributed by atoms with van der Waals surface area (Å²) in [4.78, 5) is 38.0. The van der Waals surface area contributed by atoms with Crippen molar-refractivity contribution in [3.8, 4) is 0 Å². The van der Waals surface area contributed by atoms with E-state index in [0.717, 1.165) is 122 Å². The third-order valence-corrected chi connectivity index (χ3v) is 13.4. The summed E-state index contributed by atoms with van der Waals surface area (Å²) in [6, 6.07) is 0. The summed E-state index contributed by atoms with van der Waals surface area (Å²) in [5, 5.41) is 0. The highest BCUT2D eigenvalue weighted by Crippen LogP contribution is 2.17. The third-order valence-electron chi connectivity index (χ3n) is 13.4. The van der Waals surface area contributed by atoms with E-state index >= 15 is 0 Å². The first-order chi connectivity index (χ1) is 36.0. The standard InChI is InChI=1S/C67H116O6/c1-4-7-10-13-16-18-20-22-24-25-26-27-28-29-30-31-32-33-34-35-36-37-38-39-40-41-43-44-46-48-51-54-57-60-66(69)72-63-64(62-71-65(68)59-56-53-50-15-12-9-6-3)73-67(70)61-58-55-52-49-47-45-42-23-21-19-17-14-11-8-5-2/h7-8,10-11,16-19,22-24,26-27,42,64H,4-6,9,12-15,20-21,25,28-41,43-63H2,1-3H3/b10-7-,11-8-,18-16-,19-17-,24-22-,27-26-,42-23-. The van der Waals surface area contributed by atoms with E-state index in [0.29, 0.717) is 19.3 Å². The fourth-order valence-corrected chi connectivity index (χ4v) is 8.80. The second-order valence-electron chi connectivity index (χ2n) is 20.6. The van der Waals surface area contributed by atoms with Gasteiger partial charge >= 0.3 is 17.9 Å². The molecule has 1 atom stereocenters. The molecule has 420 valence electrons. The van der Waals surface area contributed by atoms with Crippen LogP contribution in [0.4, 0.5) is 0 Å². The molecule has 0 aliphatic heterocycles. The second kappa shape index (κ2) is 61.1. The lowest BCUT2D eigenvalue weighted by atomic mass is 10.0. The number of allylic oxidation sites excluding steroid dienone is 14. The van der Waals surface area contributed by atoms with E-state index in [1.165, 1.54) is 141 Å². The highest BCUT2D eigenvalue weighted by atomic mass is 16.6. The molecule has 0 rings (SSSR count).